The van der Waals surface area contributed by atoms with E-state index >= 15 is 0 Å². The fraction of sp³-hybridized carbons (Fsp3) is 0.100. The number of aliphatic imine (C=N–C) groups is 1. The first kappa shape index (κ1) is 44.5. The van der Waals surface area contributed by atoms with Gasteiger partial charge in [-0.05, 0) is 103 Å². The molecule has 22 heteroatoms. The number of benzene rings is 6. The van der Waals surface area contributed by atoms with Gasteiger partial charge in [0.1, 0.15) is 56.0 Å². The Morgan fingerprint density at radius 1 is 0.661 bits per heavy atom. The molecule has 0 spiro atoms. The van der Waals surface area contributed by atoms with Gasteiger partial charge in [-0.25, -0.2) is 4.99 Å². The minimum atomic E-state index is -4.47. The summed E-state index contributed by atoms with van der Waals surface area (Å²) in [5, 5.41) is 40.0. The second kappa shape index (κ2) is 18.7. The maximum absolute atomic E-state index is 12.8. The van der Waals surface area contributed by atoms with Crippen molar-refractivity contribution in [2.45, 2.75) is 16.7 Å². The molecule has 0 saturated carbocycles. The quantitative estimate of drug-likeness (QED) is 0.0213. The molecule has 0 bridgehead atoms. The number of hydrogen-bond donors (Lipinski definition) is 9. The molecule has 0 aliphatic heterocycles. The summed E-state index contributed by atoms with van der Waals surface area (Å²) in [4.78, 5) is 16.5. The van der Waals surface area contributed by atoms with Gasteiger partial charge in [0.25, 0.3) is 5.91 Å². The number of nitrogen functional groups attached to an aromatic ring is 1. The average molecular weight is 886 g/mol. The number of amides is 1. The molecule has 0 aliphatic carbocycles. The molecule has 0 fully saturated rings. The lowest BCUT2D eigenvalue weighted by atomic mass is 10.1. The maximum atomic E-state index is 12.8. The van der Waals surface area contributed by atoms with Gasteiger partial charge in [-0.15, -0.1) is 20.5 Å². The van der Waals surface area contributed by atoms with Gasteiger partial charge in [-0.3, -0.25) is 4.79 Å². The van der Waals surface area contributed by atoms with Crippen LogP contribution in [0.25, 0.3) is 10.8 Å². The van der Waals surface area contributed by atoms with E-state index in [9.17, 15) is 37.2 Å². The molecule has 6 aromatic rings. The summed E-state index contributed by atoms with van der Waals surface area (Å²) in [6.45, 7) is 1.71. The van der Waals surface area contributed by atoms with Crippen LogP contribution in [0.4, 0.5) is 51.2 Å². The van der Waals surface area contributed by atoms with Crippen LogP contribution < -0.4 is 20.5 Å². The highest BCUT2D eigenvalue weighted by Crippen LogP contribution is 2.55. The van der Waals surface area contributed by atoms with E-state index in [1.54, 1.807) is 37.3 Å². The van der Waals surface area contributed by atoms with Crippen LogP contribution in [0.2, 0.25) is 0 Å². The lowest BCUT2D eigenvalue weighted by Gasteiger charge is -2.22. The molecule has 0 saturated heterocycles. The first-order valence-corrected chi connectivity index (χ1v) is 20.8. The molecule has 322 valence electrons. The molecule has 6 aromatic carbocycles. The number of rotatable bonds is 14. The predicted octanol–water partition coefficient (Wildman–Crippen LogP) is 12.4. The largest absolute Gasteiger partial charge is 0.505 e. The van der Waals surface area contributed by atoms with E-state index in [0.29, 0.717) is 33.9 Å². The first-order valence-electron chi connectivity index (χ1n) is 17.8. The monoisotopic (exact) mass is 885 g/mol. The third kappa shape index (κ3) is 10.5. The Bertz CT molecular complexity index is 2760. The minimum Gasteiger partial charge on any atom is -0.505 e. The third-order valence-corrected chi connectivity index (χ3v) is 10.6. The first-order chi connectivity index (χ1) is 29.5. The fourth-order valence-corrected chi connectivity index (χ4v) is 6.87. The summed E-state index contributed by atoms with van der Waals surface area (Å²) >= 11 is 0. The van der Waals surface area contributed by atoms with E-state index in [1.807, 2.05) is 0 Å². The molecule has 0 atom stereocenters. The lowest BCUT2D eigenvalue weighted by Crippen LogP contribution is -2.11. The van der Waals surface area contributed by atoms with Gasteiger partial charge in [-0.1, -0.05) is 0 Å². The van der Waals surface area contributed by atoms with Crippen molar-refractivity contribution in [3.63, 3.8) is 0 Å². The van der Waals surface area contributed by atoms with Gasteiger partial charge in [0.15, 0.2) is 12.2 Å². The number of fused-ring (bicyclic) bond motifs is 1. The van der Waals surface area contributed by atoms with Gasteiger partial charge in [0, 0.05) is 34.5 Å². The molecule has 0 radical (unpaired) electrons. The van der Waals surface area contributed by atoms with E-state index < -0.39 is 44.0 Å². The standard InChI is InChI=1S/C40H39N9O11S2/c1-22-15-33(48-49-38-37(62(55,56)57)17-24-16-27(11-14-29(24)39(38)50)43-40(51)23-5-7-25(41)8-6-23)35(59-3)19-30(22)45-47-34-18-31(42-21-58-2)32(20-36(34)60-4)46-44-26-9-12-28(13-10-26)61(52,53)54/h5-21,50,52-57H,41H2,1-4H3,(H,43,51). The zero-order chi connectivity index (χ0) is 44.8. The van der Waals surface area contributed by atoms with Crippen molar-refractivity contribution >= 4 is 96.0 Å². The Balaban J connectivity index is 1.29. The van der Waals surface area contributed by atoms with Crippen LogP contribution in [-0.2, 0) is 4.74 Å². The van der Waals surface area contributed by atoms with Gasteiger partial charge in [-0.2, -0.15) is 10.2 Å². The van der Waals surface area contributed by atoms with Gasteiger partial charge in [0.2, 0.25) is 0 Å². The topological polar surface area (TPSA) is 311 Å². The highest BCUT2D eigenvalue weighted by atomic mass is 32.3. The summed E-state index contributed by atoms with van der Waals surface area (Å²) in [5.74, 6) is -0.548. The predicted molar refractivity (Wildman–Crippen MR) is 237 cm³/mol. The van der Waals surface area contributed by atoms with Gasteiger partial charge < -0.3 is 57.7 Å². The average Bonchev–Trinajstić information content (AvgIpc) is 3.23. The maximum Gasteiger partial charge on any atom is 0.255 e. The van der Waals surface area contributed by atoms with Crippen molar-refractivity contribution in [2.24, 2.45) is 35.7 Å². The second-order valence-electron chi connectivity index (χ2n) is 13.0. The second-order valence-corrected chi connectivity index (χ2v) is 16.0. The Labute approximate surface area is 356 Å². The molecular formula is C40H39N9O11S2. The summed E-state index contributed by atoms with van der Waals surface area (Å²) in [6.07, 6.45) is 1.18. The summed E-state index contributed by atoms with van der Waals surface area (Å²) in [5.41, 5.74) is 8.57. The van der Waals surface area contributed by atoms with Gasteiger partial charge >= 0.3 is 0 Å². The van der Waals surface area contributed by atoms with Crippen LogP contribution >= 0.6 is 21.7 Å². The number of nitrogens with zero attached hydrogens (tertiary/aromatic N) is 7. The number of carbonyl (C=O) groups is 1. The zero-order valence-corrected chi connectivity index (χ0v) is 34.7. The number of aromatic hydroxyl groups is 1. The number of ether oxygens (including phenoxy) is 3. The van der Waals surface area contributed by atoms with E-state index in [2.05, 4.69) is 41.0 Å². The minimum absolute atomic E-state index is 0.0815. The highest BCUT2D eigenvalue weighted by Gasteiger charge is 2.26. The number of azo groups is 3. The molecule has 20 nitrogen and oxygen atoms in total. The van der Waals surface area contributed by atoms with E-state index in [1.165, 1.54) is 94.5 Å². The number of nitrogens with two attached hydrogens (primary N) is 1. The van der Waals surface area contributed by atoms with Crippen molar-refractivity contribution in [3.05, 3.63) is 108 Å². The van der Waals surface area contributed by atoms with E-state index in [4.69, 9.17) is 19.9 Å². The van der Waals surface area contributed by atoms with Crippen LogP contribution in [-0.4, -0.2) is 66.1 Å². The summed E-state index contributed by atoms with van der Waals surface area (Å²) in [7, 11) is -4.15. The lowest BCUT2D eigenvalue weighted by molar-refractivity contribution is 0.102. The Morgan fingerprint density at radius 3 is 1.90 bits per heavy atom. The Hall–Kier alpha value is -7.02. The number of hydrogen-bond acceptors (Lipinski definition) is 19. The summed E-state index contributed by atoms with van der Waals surface area (Å²) < 4.78 is 75.7. The number of phenols is 1. The molecule has 10 N–H and O–H groups in total. The molecule has 6 rings (SSSR count). The van der Waals surface area contributed by atoms with Crippen molar-refractivity contribution in [3.8, 4) is 17.2 Å². The number of phenolic OH excluding ortho intramolecular Hbond substituents is 1. The van der Waals surface area contributed by atoms with Crippen LogP contribution in [0.3, 0.4) is 0 Å². The summed E-state index contributed by atoms with van der Waals surface area (Å²) in [6, 6.07) is 23.6. The highest BCUT2D eigenvalue weighted by molar-refractivity contribution is 8.19. The number of aryl methyl sites for hydroxylation is 1. The zero-order valence-electron chi connectivity index (χ0n) is 33.1. The fourth-order valence-electron chi connectivity index (χ4n) is 5.68. The smallest absolute Gasteiger partial charge is 0.255 e. The normalized spacial score (nSPS) is 12.8. The molecule has 0 aliphatic rings. The van der Waals surface area contributed by atoms with Crippen LogP contribution in [0.1, 0.15) is 15.9 Å². The Kier molecular flexibility index (Phi) is 13.4. The van der Waals surface area contributed by atoms with Crippen molar-refractivity contribution in [2.75, 3.05) is 32.4 Å². The SMILES string of the molecule is COC=Nc1cc(N=Nc2cc(OC)c(N=Nc3c(S(O)(O)O)cc4cc(NC(=O)c5ccc(N)cc5)ccc4c3O)cc2C)c(OC)cc1N=Nc1ccc(S(O)(O)O)cc1. The number of carbonyl (C=O) groups excluding carboxylic acids is 1. The van der Waals surface area contributed by atoms with Crippen molar-refractivity contribution < 1.29 is 51.4 Å². The third-order valence-electron chi connectivity index (χ3n) is 8.80. The molecule has 0 unspecified atom stereocenters. The van der Waals surface area contributed by atoms with Gasteiger partial charge in [0.05, 0.1) is 48.2 Å². The van der Waals surface area contributed by atoms with Crippen LogP contribution in [0.5, 0.6) is 17.2 Å². The van der Waals surface area contributed by atoms with E-state index in [0.717, 1.165) is 0 Å². The van der Waals surface area contributed by atoms with Crippen molar-refractivity contribution in [1.29, 1.82) is 0 Å². The molecular weight excluding hydrogens is 847 g/mol. The Morgan fingerprint density at radius 2 is 1.27 bits per heavy atom. The van der Waals surface area contributed by atoms with Crippen LogP contribution in [0, 0.1) is 6.92 Å². The van der Waals surface area contributed by atoms with E-state index in [-0.39, 0.29) is 49.9 Å². The molecule has 0 heterocycles. The number of nitrogens with one attached hydrogen (secondary N) is 1. The molecule has 0 aromatic heterocycles. The molecule has 62 heavy (non-hydrogen) atoms. The van der Waals surface area contributed by atoms with Crippen molar-refractivity contribution in [1.82, 2.24) is 0 Å². The van der Waals surface area contributed by atoms with Crippen LogP contribution in [0.15, 0.2) is 143 Å². The number of anilines is 2. The molecule has 1 amide bonds. The number of methoxy groups -OCH3 is 3.